The van der Waals surface area contributed by atoms with E-state index < -0.39 is 7.95 Å². The van der Waals surface area contributed by atoms with Crippen LogP contribution in [0.3, 0.4) is 0 Å². The van der Waals surface area contributed by atoms with E-state index in [1.807, 2.05) is 9.57 Å². The molecule has 0 aromatic carbocycles. The Morgan fingerprint density at radius 2 is 1.24 bits per heavy atom. The first-order valence-electron chi connectivity index (χ1n) is 5.55. The van der Waals surface area contributed by atoms with Crippen LogP contribution in [0.15, 0.2) is 50.6 Å². The Morgan fingerprint density at radius 3 is 1.59 bits per heavy atom. The third-order valence-electron chi connectivity index (χ3n) is 2.09. The molecule has 0 saturated carbocycles. The molecule has 0 spiro atoms. The maximum atomic E-state index is 12.2. The highest BCUT2D eigenvalue weighted by atomic mass is 31.1. The number of rotatable bonds is 11. The minimum atomic E-state index is -1.45. The topological polar surface area (TPSA) is 23.6 Å². The molecule has 0 aliphatic carbocycles. The molecule has 0 bridgehead atoms. The number of hydrogen-bond donors (Lipinski definition) is 0. The molecular formula is C13H22N2OP+. The van der Waals surface area contributed by atoms with Crippen LogP contribution in [-0.4, -0.2) is 42.0 Å². The molecule has 0 rings (SSSR count). The van der Waals surface area contributed by atoms with Gasteiger partial charge >= 0.3 is 7.95 Å². The predicted molar refractivity (Wildman–Crippen MR) is 76.4 cm³/mol. The van der Waals surface area contributed by atoms with Gasteiger partial charge in [-0.05, 0) is 4.57 Å². The Hall–Kier alpha value is -1.02. The normalized spacial score (nSPS) is 11.3. The van der Waals surface area contributed by atoms with Crippen molar-refractivity contribution in [3.8, 4) is 0 Å². The summed E-state index contributed by atoms with van der Waals surface area (Å²) < 4.78 is 14.0. The van der Waals surface area contributed by atoms with E-state index in [2.05, 4.69) is 26.3 Å². The first-order valence-corrected chi connectivity index (χ1v) is 6.94. The zero-order valence-corrected chi connectivity index (χ0v) is 11.3. The second kappa shape index (κ2) is 10.2. The fourth-order valence-corrected chi connectivity index (χ4v) is 2.72. The summed E-state index contributed by atoms with van der Waals surface area (Å²) in [7, 11) is -1.45. The summed E-state index contributed by atoms with van der Waals surface area (Å²) in [5.41, 5.74) is 0. The zero-order chi connectivity index (χ0) is 13.1. The van der Waals surface area contributed by atoms with Gasteiger partial charge in [0.1, 0.15) is 0 Å². The van der Waals surface area contributed by atoms with Crippen molar-refractivity contribution in [2.45, 2.75) is 0 Å². The van der Waals surface area contributed by atoms with Gasteiger partial charge in [0.05, 0.1) is 13.1 Å². The van der Waals surface area contributed by atoms with Gasteiger partial charge in [-0.1, -0.05) is 29.0 Å². The Bertz CT molecular complexity index is 269. The molecule has 0 N–H and O–H groups in total. The van der Waals surface area contributed by atoms with Crippen molar-refractivity contribution in [1.82, 2.24) is 9.57 Å². The molecule has 0 saturated heterocycles. The van der Waals surface area contributed by atoms with Gasteiger partial charge in [0.25, 0.3) is 0 Å². The molecule has 94 valence electrons. The first-order chi connectivity index (χ1) is 8.19. The molecule has 0 amide bonds. The second-order valence-electron chi connectivity index (χ2n) is 3.56. The van der Waals surface area contributed by atoms with Crippen molar-refractivity contribution in [3.05, 3.63) is 50.6 Å². The lowest BCUT2D eigenvalue weighted by molar-refractivity contribution is 0.372. The van der Waals surface area contributed by atoms with Crippen molar-refractivity contribution in [2.24, 2.45) is 0 Å². The Kier molecular flexibility index (Phi) is 9.55. The molecule has 17 heavy (non-hydrogen) atoms. The van der Waals surface area contributed by atoms with E-state index in [1.165, 1.54) is 0 Å². The van der Waals surface area contributed by atoms with E-state index in [9.17, 15) is 4.57 Å². The van der Waals surface area contributed by atoms with Crippen LogP contribution in [0.5, 0.6) is 0 Å². The maximum absolute atomic E-state index is 12.2. The smallest absolute Gasteiger partial charge is 0.253 e. The molecule has 1 atom stereocenters. The van der Waals surface area contributed by atoms with Crippen molar-refractivity contribution >= 4 is 7.95 Å². The zero-order valence-electron chi connectivity index (χ0n) is 10.4. The third-order valence-corrected chi connectivity index (χ3v) is 3.69. The van der Waals surface area contributed by atoms with Gasteiger partial charge < -0.3 is 0 Å². The van der Waals surface area contributed by atoms with E-state index in [0.29, 0.717) is 32.5 Å². The minimum absolute atomic E-state index is 0.509. The summed E-state index contributed by atoms with van der Waals surface area (Å²) in [5.74, 6) is 0. The van der Waals surface area contributed by atoms with Crippen LogP contribution in [0, 0.1) is 0 Å². The summed E-state index contributed by atoms with van der Waals surface area (Å²) in [4.78, 5) is 2.04. The monoisotopic (exact) mass is 253 g/mol. The van der Waals surface area contributed by atoms with Crippen molar-refractivity contribution in [3.63, 3.8) is 0 Å². The molecule has 0 aliphatic rings. The standard InChI is InChI=1S/C13H22N2OP/c1-5-9-14(10-6-2)13-17(16)15(11-7-3)12-8-4/h5-8H,1-4,9-13H2/q+1. The van der Waals surface area contributed by atoms with Gasteiger partial charge in [0.15, 0.2) is 0 Å². The molecule has 0 aromatic rings. The third kappa shape index (κ3) is 7.01. The first kappa shape index (κ1) is 16.0. The largest absolute Gasteiger partial charge is 0.451 e. The molecule has 0 radical (unpaired) electrons. The van der Waals surface area contributed by atoms with E-state index >= 15 is 0 Å². The van der Waals surface area contributed by atoms with Gasteiger partial charge in [-0.2, -0.15) is 0 Å². The molecule has 0 aliphatic heterocycles. The van der Waals surface area contributed by atoms with E-state index in [4.69, 9.17) is 0 Å². The molecule has 0 aromatic heterocycles. The highest BCUT2D eigenvalue weighted by molar-refractivity contribution is 7.41. The lowest BCUT2D eigenvalue weighted by atomic mass is 10.5. The van der Waals surface area contributed by atoms with Crippen LogP contribution >= 0.6 is 7.95 Å². The highest BCUT2D eigenvalue weighted by Crippen LogP contribution is 2.27. The fourth-order valence-electron chi connectivity index (χ4n) is 1.37. The lowest BCUT2D eigenvalue weighted by Gasteiger charge is -2.14. The van der Waals surface area contributed by atoms with Crippen LogP contribution in [0.1, 0.15) is 0 Å². The minimum Gasteiger partial charge on any atom is -0.253 e. The van der Waals surface area contributed by atoms with Crippen molar-refractivity contribution < 1.29 is 4.57 Å². The second-order valence-corrected chi connectivity index (χ2v) is 5.11. The van der Waals surface area contributed by atoms with Crippen LogP contribution < -0.4 is 0 Å². The molecular weight excluding hydrogens is 231 g/mol. The Morgan fingerprint density at radius 1 is 0.824 bits per heavy atom. The van der Waals surface area contributed by atoms with Crippen LogP contribution in [0.2, 0.25) is 0 Å². The van der Waals surface area contributed by atoms with E-state index in [0.717, 1.165) is 0 Å². The molecule has 0 heterocycles. The average molecular weight is 253 g/mol. The summed E-state index contributed by atoms with van der Waals surface area (Å²) in [5, 5.41) is 0. The van der Waals surface area contributed by atoms with Crippen LogP contribution in [-0.2, 0) is 4.57 Å². The quantitative estimate of drug-likeness (QED) is 0.417. The summed E-state index contributed by atoms with van der Waals surface area (Å²) in [6.45, 7) is 17.4. The van der Waals surface area contributed by atoms with E-state index in [-0.39, 0.29) is 0 Å². The van der Waals surface area contributed by atoms with Crippen LogP contribution in [0.4, 0.5) is 0 Å². The lowest BCUT2D eigenvalue weighted by Crippen LogP contribution is -2.27. The Labute approximate surface area is 106 Å². The molecule has 0 fully saturated rings. The van der Waals surface area contributed by atoms with Crippen molar-refractivity contribution in [1.29, 1.82) is 0 Å². The fraction of sp³-hybridized carbons (Fsp3) is 0.385. The number of nitrogens with zero attached hydrogens (tertiary/aromatic N) is 2. The van der Waals surface area contributed by atoms with E-state index in [1.54, 1.807) is 24.3 Å². The van der Waals surface area contributed by atoms with Crippen LogP contribution in [0.25, 0.3) is 0 Å². The predicted octanol–water partition coefficient (Wildman–Crippen LogP) is 3.03. The van der Waals surface area contributed by atoms with Gasteiger partial charge in [-0.3, -0.25) is 4.90 Å². The molecule has 3 nitrogen and oxygen atoms in total. The molecule has 1 unspecified atom stereocenters. The Balaban J connectivity index is 4.41. The highest BCUT2D eigenvalue weighted by Gasteiger charge is 2.27. The maximum Gasteiger partial charge on any atom is 0.451 e. The summed E-state index contributed by atoms with van der Waals surface area (Å²) >= 11 is 0. The van der Waals surface area contributed by atoms with Crippen molar-refractivity contribution in [2.75, 3.05) is 32.5 Å². The SMILES string of the molecule is C=CCN(CC=C)C[P+](=O)N(CC=C)CC=C. The summed E-state index contributed by atoms with van der Waals surface area (Å²) in [6, 6.07) is 0. The van der Waals surface area contributed by atoms with Gasteiger partial charge in [-0.15, -0.1) is 26.3 Å². The van der Waals surface area contributed by atoms with Gasteiger partial charge in [0, 0.05) is 13.1 Å². The number of hydrogen-bond acceptors (Lipinski definition) is 2. The summed E-state index contributed by atoms with van der Waals surface area (Å²) in [6.07, 6.45) is 7.62. The van der Waals surface area contributed by atoms with Gasteiger partial charge in [0.2, 0.25) is 6.29 Å². The molecule has 4 heteroatoms. The average Bonchev–Trinajstić information content (AvgIpc) is 2.29. The van der Waals surface area contributed by atoms with Gasteiger partial charge in [-0.25, -0.2) is 0 Å².